The van der Waals surface area contributed by atoms with Gasteiger partial charge in [-0.1, -0.05) is 36.0 Å². The molecule has 0 fully saturated rings. The van der Waals surface area contributed by atoms with Crippen molar-refractivity contribution in [3.63, 3.8) is 0 Å². The van der Waals surface area contributed by atoms with Crippen molar-refractivity contribution in [2.75, 3.05) is 14.9 Å². The van der Waals surface area contributed by atoms with Crippen LogP contribution in [0.4, 0.5) is 21.9 Å². The summed E-state index contributed by atoms with van der Waals surface area (Å²) < 4.78 is 7.20. The van der Waals surface area contributed by atoms with Gasteiger partial charge in [-0.05, 0) is 72.8 Å². The minimum Gasteiger partial charge on any atom is -0.455 e. The largest absolute Gasteiger partial charge is 0.455 e. The molecule has 0 radical (unpaired) electrons. The molecular weight excluding hydrogens is 507 g/mol. The Bertz CT molecular complexity index is 1340. The first-order valence-electron chi connectivity index (χ1n) is 10.4. The van der Waals surface area contributed by atoms with Crippen molar-refractivity contribution in [1.29, 1.82) is 0 Å². The second kappa shape index (κ2) is 10.8. The third kappa shape index (κ3) is 6.10. The van der Waals surface area contributed by atoms with Crippen molar-refractivity contribution in [3.05, 3.63) is 89.0 Å². The number of thiol groups is 1. The first-order chi connectivity index (χ1) is 16.8. The number of aromatic nitrogens is 1. The third-order valence-electron chi connectivity index (χ3n) is 4.87. The van der Waals surface area contributed by atoms with E-state index in [1.165, 1.54) is 6.92 Å². The molecule has 3 aromatic carbocycles. The fourth-order valence-corrected chi connectivity index (χ4v) is 3.82. The summed E-state index contributed by atoms with van der Waals surface area (Å²) in [6.45, 7) is 1.42. The maximum Gasteiger partial charge on any atom is 0.336 e. The van der Waals surface area contributed by atoms with Gasteiger partial charge in [0.25, 0.3) is 0 Å². The highest BCUT2D eigenvalue weighted by atomic mass is 35.5. The smallest absolute Gasteiger partial charge is 0.336 e. The molecule has 10 heteroatoms. The van der Waals surface area contributed by atoms with Crippen LogP contribution >= 0.6 is 36.0 Å². The van der Waals surface area contributed by atoms with Gasteiger partial charge in [-0.25, -0.2) is 9.10 Å². The third-order valence-corrected chi connectivity index (χ3v) is 5.84. The number of aromatic amines is 1. The standard InChI is InChI=1S/C25H20Cl2N4O3S/c1-15(32)29-17-6-8-18(9-7-17)31(35)25(33)30-23-14-21(27)20(22-3-2-12-28-22)13-24(23)34-19-10-4-16(26)5-11-19/h2-14,28,35H,1H3,(H,29,32)(H,30,33). The first-order valence-corrected chi connectivity index (χ1v) is 11.5. The normalized spacial score (nSPS) is 10.5. The molecule has 1 aromatic heterocycles. The lowest BCUT2D eigenvalue weighted by Crippen LogP contribution is -2.27. The van der Waals surface area contributed by atoms with Crippen LogP contribution in [0.15, 0.2) is 79.0 Å². The summed E-state index contributed by atoms with van der Waals surface area (Å²) in [5.41, 5.74) is 2.95. The molecule has 3 amide bonds. The summed E-state index contributed by atoms with van der Waals surface area (Å²) in [7, 11) is 0. The number of carbonyl (C=O) groups is 2. The summed E-state index contributed by atoms with van der Waals surface area (Å²) in [4.78, 5) is 27.3. The Kier molecular flexibility index (Phi) is 7.55. The number of ether oxygens (including phenoxy) is 1. The molecule has 4 rings (SSSR count). The van der Waals surface area contributed by atoms with E-state index in [0.717, 1.165) is 10.00 Å². The number of carbonyl (C=O) groups excluding carboxylic acids is 2. The Morgan fingerprint density at radius 1 is 0.971 bits per heavy atom. The number of hydrogen-bond acceptors (Lipinski definition) is 4. The average Bonchev–Trinajstić information content (AvgIpc) is 3.36. The fraction of sp³-hybridized carbons (Fsp3) is 0.0400. The molecule has 1 heterocycles. The quantitative estimate of drug-likeness (QED) is 0.195. The van der Waals surface area contributed by atoms with Gasteiger partial charge in [-0.3, -0.25) is 4.79 Å². The van der Waals surface area contributed by atoms with E-state index >= 15 is 0 Å². The topological polar surface area (TPSA) is 86.5 Å². The van der Waals surface area contributed by atoms with Gasteiger partial charge in [0, 0.05) is 35.1 Å². The number of rotatable bonds is 6. The molecule has 0 bridgehead atoms. The molecular formula is C25H20Cl2N4O3S. The molecule has 0 aliphatic carbocycles. The lowest BCUT2D eigenvalue weighted by Gasteiger charge is -2.19. The molecule has 3 N–H and O–H groups in total. The zero-order valence-electron chi connectivity index (χ0n) is 18.4. The van der Waals surface area contributed by atoms with Crippen LogP contribution in [0.25, 0.3) is 11.3 Å². The summed E-state index contributed by atoms with van der Waals surface area (Å²) in [6.07, 6.45) is 1.79. The van der Waals surface area contributed by atoms with Crippen molar-refractivity contribution >= 4 is 65.0 Å². The maximum absolute atomic E-state index is 13.0. The molecule has 0 saturated heterocycles. The van der Waals surface area contributed by atoms with Crippen molar-refractivity contribution < 1.29 is 14.3 Å². The molecule has 0 saturated carbocycles. The molecule has 0 spiro atoms. The highest BCUT2D eigenvalue weighted by molar-refractivity contribution is 7.82. The molecule has 0 atom stereocenters. The monoisotopic (exact) mass is 526 g/mol. The van der Waals surface area contributed by atoms with E-state index in [4.69, 9.17) is 27.9 Å². The van der Waals surface area contributed by atoms with Crippen LogP contribution in [0.1, 0.15) is 6.92 Å². The van der Waals surface area contributed by atoms with Gasteiger partial charge in [0.15, 0.2) is 5.75 Å². The molecule has 35 heavy (non-hydrogen) atoms. The van der Waals surface area contributed by atoms with Crippen LogP contribution in [0.2, 0.25) is 10.0 Å². The Morgan fingerprint density at radius 3 is 2.31 bits per heavy atom. The zero-order valence-corrected chi connectivity index (χ0v) is 20.8. The molecule has 7 nitrogen and oxygen atoms in total. The number of hydrogen-bond donors (Lipinski definition) is 4. The van der Waals surface area contributed by atoms with E-state index in [9.17, 15) is 9.59 Å². The average molecular weight is 527 g/mol. The van der Waals surface area contributed by atoms with Crippen molar-refractivity contribution in [1.82, 2.24) is 4.98 Å². The van der Waals surface area contributed by atoms with Crippen molar-refractivity contribution in [3.8, 4) is 22.8 Å². The van der Waals surface area contributed by atoms with Crippen molar-refractivity contribution in [2.45, 2.75) is 6.92 Å². The number of anilines is 3. The number of halogens is 2. The van der Waals surface area contributed by atoms with Gasteiger partial charge in [0.1, 0.15) is 5.75 Å². The Hall–Kier alpha value is -3.59. The minimum atomic E-state index is -0.537. The van der Waals surface area contributed by atoms with E-state index in [0.29, 0.717) is 44.2 Å². The lowest BCUT2D eigenvalue weighted by atomic mass is 10.1. The number of nitrogens with one attached hydrogen (secondary N) is 3. The van der Waals surface area contributed by atoms with Crippen LogP contribution in [0, 0.1) is 0 Å². The second-order valence-corrected chi connectivity index (χ2v) is 8.68. The highest BCUT2D eigenvalue weighted by Crippen LogP contribution is 2.39. The van der Waals surface area contributed by atoms with Gasteiger partial charge in [0.2, 0.25) is 5.91 Å². The minimum absolute atomic E-state index is 0.189. The van der Waals surface area contributed by atoms with Gasteiger partial charge < -0.3 is 20.4 Å². The predicted molar refractivity (Wildman–Crippen MR) is 144 cm³/mol. The van der Waals surface area contributed by atoms with E-state index in [2.05, 4.69) is 28.4 Å². The van der Waals surface area contributed by atoms with Gasteiger partial charge in [-0.15, -0.1) is 0 Å². The molecule has 0 unspecified atom stereocenters. The van der Waals surface area contributed by atoms with E-state index in [1.807, 2.05) is 12.1 Å². The number of amides is 3. The van der Waals surface area contributed by atoms with Gasteiger partial charge in [-0.2, -0.15) is 0 Å². The first kappa shape index (κ1) is 24.5. The van der Waals surface area contributed by atoms with Crippen molar-refractivity contribution in [2.24, 2.45) is 0 Å². The highest BCUT2D eigenvalue weighted by Gasteiger charge is 2.18. The summed E-state index contributed by atoms with van der Waals surface area (Å²) in [6, 6.07) is 20.1. The van der Waals surface area contributed by atoms with Gasteiger partial charge >= 0.3 is 6.03 Å². The number of nitrogens with zero attached hydrogens (tertiary/aromatic N) is 1. The van der Waals surface area contributed by atoms with Crippen LogP contribution in [-0.4, -0.2) is 16.9 Å². The Morgan fingerprint density at radius 2 is 1.69 bits per heavy atom. The van der Waals surface area contributed by atoms with Crippen LogP contribution in [-0.2, 0) is 4.79 Å². The van der Waals surface area contributed by atoms with Crippen LogP contribution in [0.5, 0.6) is 11.5 Å². The van der Waals surface area contributed by atoms with Crippen LogP contribution in [0.3, 0.4) is 0 Å². The summed E-state index contributed by atoms with van der Waals surface area (Å²) in [5, 5.41) is 6.45. The van der Waals surface area contributed by atoms with E-state index in [-0.39, 0.29) is 5.91 Å². The Balaban J connectivity index is 1.62. The Labute approximate surface area is 217 Å². The molecule has 0 aliphatic rings. The summed E-state index contributed by atoms with van der Waals surface area (Å²) in [5.74, 6) is 0.712. The number of benzene rings is 3. The lowest BCUT2D eigenvalue weighted by molar-refractivity contribution is -0.114. The van der Waals surface area contributed by atoms with E-state index < -0.39 is 6.03 Å². The maximum atomic E-state index is 13.0. The SMILES string of the molecule is CC(=O)Nc1ccc(N(S)C(=O)Nc2cc(Cl)c(-c3ccc[nH]3)cc2Oc2ccc(Cl)cc2)cc1. The number of H-pyrrole nitrogens is 1. The molecule has 4 aromatic rings. The molecule has 178 valence electrons. The second-order valence-electron chi connectivity index (χ2n) is 7.44. The summed E-state index contributed by atoms with van der Waals surface area (Å²) >= 11 is 16.9. The fourth-order valence-electron chi connectivity index (χ4n) is 3.24. The van der Waals surface area contributed by atoms with Crippen LogP contribution < -0.4 is 19.7 Å². The molecule has 0 aliphatic heterocycles. The van der Waals surface area contributed by atoms with Gasteiger partial charge in [0.05, 0.1) is 16.4 Å². The van der Waals surface area contributed by atoms with E-state index in [1.54, 1.807) is 66.9 Å². The zero-order chi connectivity index (χ0) is 24.9. The number of urea groups is 1. The predicted octanol–water partition coefficient (Wildman–Crippen LogP) is 7.62.